The van der Waals surface area contributed by atoms with Crippen LogP contribution in [0.2, 0.25) is 0 Å². The molecule has 6 N–H and O–H groups in total. The highest BCUT2D eigenvalue weighted by Crippen LogP contribution is 2.38. The molecular formula is C52H84N8O19. The van der Waals surface area contributed by atoms with Gasteiger partial charge in [-0.3, -0.25) is 24.1 Å². The number of nitrogens with zero attached hydrogens (tertiary/aromatic N) is 4. The van der Waals surface area contributed by atoms with Crippen LogP contribution in [-0.2, 0) is 85.7 Å². The van der Waals surface area contributed by atoms with Crippen molar-refractivity contribution in [2.45, 2.75) is 56.5 Å². The van der Waals surface area contributed by atoms with Crippen molar-refractivity contribution in [3.8, 4) is 0 Å². The quantitative estimate of drug-likeness (QED) is 0.0220. The van der Waals surface area contributed by atoms with Crippen molar-refractivity contribution in [3.05, 3.63) is 36.0 Å². The number of likely N-dealkylation sites (tertiary alicyclic amines) is 1. The molecule has 4 fully saturated rings. The summed E-state index contributed by atoms with van der Waals surface area (Å²) in [6, 6.07) is 6.79. The van der Waals surface area contributed by atoms with Gasteiger partial charge in [-0.1, -0.05) is 12.1 Å². The Morgan fingerprint density at radius 1 is 0.646 bits per heavy atom. The third-order valence-corrected chi connectivity index (χ3v) is 12.8. The highest BCUT2D eigenvalue weighted by atomic mass is 16.7. The van der Waals surface area contributed by atoms with E-state index in [0.717, 1.165) is 0 Å². The number of urea groups is 1. The van der Waals surface area contributed by atoms with Gasteiger partial charge in [0.25, 0.3) is 17.7 Å². The summed E-state index contributed by atoms with van der Waals surface area (Å²) < 4.78 is 65.9. The number of hydroxylamine groups is 2. The van der Waals surface area contributed by atoms with E-state index in [-0.39, 0.29) is 62.3 Å². The third-order valence-electron chi connectivity index (χ3n) is 12.8. The van der Waals surface area contributed by atoms with Crippen LogP contribution >= 0.6 is 0 Å². The van der Waals surface area contributed by atoms with Gasteiger partial charge in [-0.2, -0.15) is 0 Å². The minimum atomic E-state index is -0.920. The van der Waals surface area contributed by atoms with Gasteiger partial charge in [-0.15, -0.1) is 5.06 Å². The number of imide groups is 2. The smallest absolute Gasteiger partial charge is 0.335 e. The maximum atomic E-state index is 13.3. The molecule has 1 aromatic carbocycles. The number of amides is 6. The molecule has 1 aromatic rings. The van der Waals surface area contributed by atoms with E-state index in [0.29, 0.717) is 213 Å². The first kappa shape index (κ1) is 64.8. The molecule has 3 saturated heterocycles. The summed E-state index contributed by atoms with van der Waals surface area (Å²) in [4.78, 5) is 82.0. The van der Waals surface area contributed by atoms with Crippen molar-refractivity contribution in [1.29, 1.82) is 0 Å². The lowest BCUT2D eigenvalue weighted by molar-refractivity contribution is -0.198. The van der Waals surface area contributed by atoms with Crippen LogP contribution in [0.15, 0.2) is 30.5 Å². The number of carbonyl (C=O) groups excluding carboxylic acids is 6. The molecule has 27 nitrogen and oxygen atoms in total. The lowest BCUT2D eigenvalue weighted by Crippen LogP contribution is -2.60. The highest BCUT2D eigenvalue weighted by Gasteiger charge is 2.56. The molecule has 6 amide bonds. The number of hydrogen-bond donors (Lipinski definition) is 4. The predicted octanol–water partition coefficient (Wildman–Crippen LogP) is 0.0492. The Labute approximate surface area is 462 Å². The summed E-state index contributed by atoms with van der Waals surface area (Å²) >= 11 is 0. The van der Waals surface area contributed by atoms with Crippen LogP contribution in [-0.4, -0.2) is 252 Å². The number of rotatable bonds is 45. The number of ether oxygens (including phenoxy) is 12. The van der Waals surface area contributed by atoms with Crippen LogP contribution in [0.1, 0.15) is 50.5 Å². The topological polar surface area (TPSA) is 311 Å². The van der Waals surface area contributed by atoms with E-state index in [9.17, 15) is 28.8 Å². The zero-order valence-electron chi connectivity index (χ0n) is 45.8. The van der Waals surface area contributed by atoms with E-state index in [2.05, 4.69) is 15.5 Å². The molecule has 446 valence electrons. The van der Waals surface area contributed by atoms with Crippen molar-refractivity contribution in [2.24, 2.45) is 17.5 Å². The van der Waals surface area contributed by atoms with Crippen LogP contribution in [0.3, 0.4) is 0 Å². The molecule has 0 atom stereocenters. The van der Waals surface area contributed by atoms with Gasteiger partial charge in [0, 0.05) is 49.3 Å². The highest BCUT2D eigenvalue weighted by molar-refractivity contribution is 6.07. The van der Waals surface area contributed by atoms with Crippen molar-refractivity contribution in [3.63, 3.8) is 0 Å². The van der Waals surface area contributed by atoms with Crippen molar-refractivity contribution >= 4 is 47.0 Å². The first-order valence-electron chi connectivity index (χ1n) is 27.2. The molecule has 1 aliphatic carbocycles. The van der Waals surface area contributed by atoms with E-state index in [1.54, 1.807) is 24.4 Å². The van der Waals surface area contributed by atoms with Gasteiger partial charge < -0.3 is 88.0 Å². The molecule has 0 radical (unpaired) electrons. The largest absolute Gasteiger partial charge is 0.397 e. The van der Waals surface area contributed by atoms with Gasteiger partial charge in [-0.05, 0) is 44.9 Å². The molecule has 3 aliphatic heterocycles. The van der Waals surface area contributed by atoms with Crippen molar-refractivity contribution in [1.82, 2.24) is 25.2 Å². The first-order valence-corrected chi connectivity index (χ1v) is 27.2. The Morgan fingerprint density at radius 3 is 1.49 bits per heavy atom. The minimum absolute atomic E-state index is 0.0494. The van der Waals surface area contributed by atoms with Gasteiger partial charge in [0.1, 0.15) is 5.54 Å². The Balaban J connectivity index is 0.698. The maximum absolute atomic E-state index is 13.3. The number of likely N-dealkylation sites (N-methyl/N-ethyl adjacent to an activating group) is 1. The zero-order chi connectivity index (χ0) is 56.3. The number of nitrogens with two attached hydrogens (primary N) is 2. The van der Waals surface area contributed by atoms with Crippen LogP contribution in [0, 0.1) is 5.92 Å². The van der Waals surface area contributed by atoms with Crippen LogP contribution in [0.4, 0.5) is 10.5 Å². The molecule has 1 saturated carbocycles. The molecule has 27 heteroatoms. The van der Waals surface area contributed by atoms with E-state index < -0.39 is 23.3 Å². The van der Waals surface area contributed by atoms with E-state index >= 15 is 0 Å². The molecule has 3 heterocycles. The average molecular weight is 1130 g/mol. The molecule has 1 spiro atoms. The molecule has 5 rings (SSSR count). The average Bonchev–Trinajstić information content (AvgIpc) is 4.00. The third kappa shape index (κ3) is 24.7. The Bertz CT molecular complexity index is 1990. The fraction of sp³-hybridized carbons (Fsp3) is 0.731. The first-order chi connectivity index (χ1) is 38.5. The standard InChI is InChI=1S/C52H84N8O19/c1-57-38-44(39-57)59-50(65)52(56-51(59)66)10-7-41(8-11-52)49(64)55-43-4-2-3-42(37-43)45(53)40-58(54)12-14-68-16-18-70-20-22-72-24-26-74-28-30-76-32-34-78-36-35-77-33-31-75-29-27-73-25-23-71-21-19-69-17-15-67-13-9-48(63)79-60-46(61)5-6-47(60)62/h2-4,37,40-41,44H,5-36,38-39,53-54H2,1H3,(H,55,64)(H,56,66)/b45-40-. The number of anilines is 1. The van der Waals surface area contributed by atoms with Crippen molar-refractivity contribution < 1.29 is 90.4 Å². The molecule has 0 bridgehead atoms. The van der Waals surface area contributed by atoms with Crippen LogP contribution < -0.4 is 22.2 Å². The summed E-state index contributed by atoms with van der Waals surface area (Å²) in [7, 11) is 1.96. The normalized spacial score (nSPS) is 19.0. The van der Waals surface area contributed by atoms with E-state index in [1.165, 1.54) is 9.91 Å². The number of benzene rings is 1. The van der Waals surface area contributed by atoms with Gasteiger partial charge >= 0.3 is 12.0 Å². The minimum Gasteiger partial charge on any atom is -0.397 e. The monoisotopic (exact) mass is 1120 g/mol. The van der Waals surface area contributed by atoms with Gasteiger partial charge in [0.15, 0.2) is 0 Å². The molecule has 4 aliphatic rings. The fourth-order valence-corrected chi connectivity index (χ4v) is 8.50. The number of hydrogen-bond acceptors (Lipinski definition) is 23. The van der Waals surface area contributed by atoms with Crippen LogP contribution in [0.25, 0.3) is 5.70 Å². The molecule has 0 aromatic heterocycles. The summed E-state index contributed by atoms with van der Waals surface area (Å²) in [5.74, 6) is 3.82. The molecule has 79 heavy (non-hydrogen) atoms. The second kappa shape index (κ2) is 37.9. The number of nitrogens with one attached hydrogen (secondary N) is 2. The van der Waals surface area contributed by atoms with E-state index in [4.69, 9.17) is 73.3 Å². The molecular weight excluding hydrogens is 1040 g/mol. The lowest BCUT2D eigenvalue weighted by atomic mass is 9.76. The summed E-state index contributed by atoms with van der Waals surface area (Å²) in [5, 5.41) is 7.89. The maximum Gasteiger partial charge on any atom is 0.335 e. The summed E-state index contributed by atoms with van der Waals surface area (Å²) in [6.45, 7) is 11.4. The lowest BCUT2D eigenvalue weighted by Gasteiger charge is -2.41. The van der Waals surface area contributed by atoms with Gasteiger partial charge in [0.05, 0.1) is 183 Å². The second-order valence-electron chi connectivity index (χ2n) is 18.9. The van der Waals surface area contributed by atoms with E-state index in [1.807, 2.05) is 13.1 Å². The van der Waals surface area contributed by atoms with Crippen LogP contribution in [0.5, 0.6) is 0 Å². The van der Waals surface area contributed by atoms with Gasteiger partial charge in [0.2, 0.25) is 5.91 Å². The zero-order valence-corrected chi connectivity index (χ0v) is 45.8. The Kier molecular flexibility index (Phi) is 31.1. The second-order valence-corrected chi connectivity index (χ2v) is 18.9. The summed E-state index contributed by atoms with van der Waals surface area (Å²) in [6.07, 6.45) is 3.45. The number of hydrazine groups is 1. The predicted molar refractivity (Wildman–Crippen MR) is 281 cm³/mol. The number of carbonyl (C=O) groups is 6. The summed E-state index contributed by atoms with van der Waals surface area (Å²) in [5.41, 5.74) is 7.13. The Morgan fingerprint density at radius 2 is 1.06 bits per heavy atom. The van der Waals surface area contributed by atoms with Gasteiger partial charge in [-0.25, -0.2) is 15.4 Å². The Hall–Kier alpha value is -4.98. The molecule has 0 unspecified atom stereocenters. The van der Waals surface area contributed by atoms with Crippen molar-refractivity contribution in [2.75, 3.05) is 191 Å². The SMILES string of the molecule is CN1CC(N2C(=O)NC3(CCC(C(=O)Nc4cccc(/C(N)=C/N(N)CCOCCOCCOCCOCCOCCOCCOCCOCCOCCOCCOCCOCCC(=O)ON5C(=O)CCC5=O)c4)CC3)C2=O)C1. The fourth-order valence-electron chi connectivity index (χ4n) is 8.50.